The SMILES string of the molecule is C=C(C)[C@@H]1Cc2c(cc3c(c2O)C(=O)[C@@H](c2ccc(O)cc2OC)CO3)O1. The van der Waals surface area contributed by atoms with Crippen LogP contribution in [-0.2, 0) is 6.42 Å². The van der Waals surface area contributed by atoms with E-state index in [0.717, 1.165) is 5.57 Å². The van der Waals surface area contributed by atoms with Crippen LogP contribution < -0.4 is 14.2 Å². The number of methoxy groups -OCH3 is 1. The van der Waals surface area contributed by atoms with E-state index in [0.29, 0.717) is 34.8 Å². The fraction of sp³-hybridized carbons (Fsp3) is 0.286. The molecule has 2 atom stereocenters. The number of ether oxygens (including phenoxy) is 3. The van der Waals surface area contributed by atoms with Gasteiger partial charge in [-0.05, 0) is 18.6 Å². The average molecular weight is 368 g/mol. The van der Waals surface area contributed by atoms with Gasteiger partial charge in [-0.25, -0.2) is 0 Å². The third-order valence-electron chi connectivity index (χ3n) is 5.10. The zero-order chi connectivity index (χ0) is 19.3. The van der Waals surface area contributed by atoms with Crippen molar-refractivity contribution in [3.63, 3.8) is 0 Å². The van der Waals surface area contributed by atoms with E-state index in [1.807, 2.05) is 6.92 Å². The van der Waals surface area contributed by atoms with E-state index in [2.05, 4.69) is 6.58 Å². The Kier molecular flexibility index (Phi) is 3.98. The number of carbonyl (C=O) groups is 1. The van der Waals surface area contributed by atoms with Gasteiger partial charge in [-0.3, -0.25) is 4.79 Å². The highest BCUT2D eigenvalue weighted by Crippen LogP contribution is 2.48. The summed E-state index contributed by atoms with van der Waals surface area (Å²) in [6, 6.07) is 6.24. The Morgan fingerprint density at radius 1 is 1.26 bits per heavy atom. The van der Waals surface area contributed by atoms with Crippen molar-refractivity contribution in [2.45, 2.75) is 25.4 Å². The molecule has 0 unspecified atom stereocenters. The third kappa shape index (κ3) is 2.68. The quantitative estimate of drug-likeness (QED) is 0.808. The Morgan fingerprint density at radius 2 is 2.04 bits per heavy atom. The predicted molar refractivity (Wildman–Crippen MR) is 98.3 cm³/mol. The number of ketones is 1. The summed E-state index contributed by atoms with van der Waals surface area (Å²) in [5.74, 6) is 0.283. The summed E-state index contributed by atoms with van der Waals surface area (Å²) in [4.78, 5) is 13.2. The largest absolute Gasteiger partial charge is 0.508 e. The number of carbonyl (C=O) groups excluding carboxylic acids is 1. The van der Waals surface area contributed by atoms with Crippen LogP contribution in [0.15, 0.2) is 36.4 Å². The first-order valence-corrected chi connectivity index (χ1v) is 8.65. The van der Waals surface area contributed by atoms with Crippen molar-refractivity contribution in [1.29, 1.82) is 0 Å². The van der Waals surface area contributed by atoms with Gasteiger partial charge in [0.2, 0.25) is 0 Å². The van der Waals surface area contributed by atoms with Crippen LogP contribution in [0.1, 0.15) is 34.3 Å². The van der Waals surface area contributed by atoms with E-state index in [4.69, 9.17) is 14.2 Å². The van der Waals surface area contributed by atoms with Crippen molar-refractivity contribution in [3.05, 3.63) is 53.1 Å². The second-order valence-electron chi connectivity index (χ2n) is 6.89. The number of aromatic hydroxyl groups is 2. The predicted octanol–water partition coefficient (Wildman–Crippen LogP) is 3.34. The van der Waals surface area contributed by atoms with Crippen LogP contribution >= 0.6 is 0 Å². The van der Waals surface area contributed by atoms with Crippen LogP contribution in [0.4, 0.5) is 0 Å². The molecule has 6 heteroatoms. The van der Waals surface area contributed by atoms with E-state index in [1.54, 1.807) is 12.1 Å². The van der Waals surface area contributed by atoms with Crippen molar-refractivity contribution in [2.24, 2.45) is 0 Å². The highest BCUT2D eigenvalue weighted by molar-refractivity contribution is 6.07. The second kappa shape index (κ2) is 6.23. The maximum Gasteiger partial charge on any atom is 0.181 e. The molecule has 4 rings (SSSR count). The van der Waals surface area contributed by atoms with E-state index < -0.39 is 5.92 Å². The molecule has 6 nitrogen and oxygen atoms in total. The van der Waals surface area contributed by atoms with Gasteiger partial charge in [0.1, 0.15) is 47.0 Å². The molecule has 2 N–H and O–H groups in total. The molecule has 2 aliphatic heterocycles. The molecule has 0 saturated heterocycles. The highest BCUT2D eigenvalue weighted by atomic mass is 16.5. The van der Waals surface area contributed by atoms with Gasteiger partial charge in [0, 0.05) is 29.7 Å². The Hall–Kier alpha value is -3.15. The Bertz CT molecular complexity index is 962. The monoisotopic (exact) mass is 368 g/mol. The lowest BCUT2D eigenvalue weighted by Crippen LogP contribution is -2.26. The fourth-order valence-electron chi connectivity index (χ4n) is 3.61. The van der Waals surface area contributed by atoms with Gasteiger partial charge in [-0.15, -0.1) is 0 Å². The number of Topliss-reactive ketones (excluding diaryl/α,β-unsaturated/α-hetero) is 1. The molecule has 0 amide bonds. The fourth-order valence-corrected chi connectivity index (χ4v) is 3.61. The Labute approximate surface area is 156 Å². The first-order valence-electron chi connectivity index (χ1n) is 8.65. The Balaban J connectivity index is 1.76. The van der Waals surface area contributed by atoms with Crippen LogP contribution in [0.25, 0.3) is 0 Å². The van der Waals surface area contributed by atoms with Crippen molar-refractivity contribution >= 4 is 5.78 Å². The number of rotatable bonds is 3. The second-order valence-corrected chi connectivity index (χ2v) is 6.89. The molecule has 0 fully saturated rings. The first-order chi connectivity index (χ1) is 12.9. The summed E-state index contributed by atoms with van der Waals surface area (Å²) in [6.45, 7) is 5.87. The van der Waals surface area contributed by atoms with Gasteiger partial charge in [0.25, 0.3) is 0 Å². The number of hydrogen-bond donors (Lipinski definition) is 2. The molecule has 140 valence electrons. The maximum absolute atomic E-state index is 13.2. The van der Waals surface area contributed by atoms with Crippen molar-refractivity contribution < 1.29 is 29.2 Å². The lowest BCUT2D eigenvalue weighted by atomic mass is 9.86. The molecule has 0 aromatic heterocycles. The van der Waals surface area contributed by atoms with Gasteiger partial charge in [-0.2, -0.15) is 0 Å². The van der Waals surface area contributed by atoms with Gasteiger partial charge in [0.15, 0.2) is 5.78 Å². The zero-order valence-electron chi connectivity index (χ0n) is 15.1. The van der Waals surface area contributed by atoms with Crippen LogP contribution in [0, 0.1) is 0 Å². The molecular formula is C21H20O6. The van der Waals surface area contributed by atoms with Crippen molar-refractivity contribution in [1.82, 2.24) is 0 Å². The normalized spacial score (nSPS) is 20.3. The van der Waals surface area contributed by atoms with E-state index in [-0.39, 0.29) is 35.6 Å². The zero-order valence-corrected chi connectivity index (χ0v) is 15.1. The minimum absolute atomic E-state index is 0.0452. The summed E-state index contributed by atoms with van der Waals surface area (Å²) < 4.78 is 16.9. The molecule has 0 radical (unpaired) electrons. The van der Waals surface area contributed by atoms with Crippen LogP contribution in [0.3, 0.4) is 0 Å². The standard InChI is InChI=1S/C21H20O6/c1-10(2)15-7-13-17(27-15)8-18-19(20(13)23)21(24)14(9-26-18)12-5-4-11(22)6-16(12)25-3/h4-6,8,14-15,22-23H,1,7,9H2,2-3H3/t14-,15+/m1/s1. The minimum atomic E-state index is -0.642. The smallest absolute Gasteiger partial charge is 0.181 e. The van der Waals surface area contributed by atoms with Crippen LogP contribution in [0.2, 0.25) is 0 Å². The van der Waals surface area contributed by atoms with E-state index in [9.17, 15) is 15.0 Å². The van der Waals surface area contributed by atoms with Gasteiger partial charge < -0.3 is 24.4 Å². The summed E-state index contributed by atoms with van der Waals surface area (Å²) >= 11 is 0. The van der Waals surface area contributed by atoms with Gasteiger partial charge in [-0.1, -0.05) is 12.6 Å². The molecule has 0 spiro atoms. The molecule has 27 heavy (non-hydrogen) atoms. The molecule has 2 aromatic carbocycles. The maximum atomic E-state index is 13.2. The number of benzene rings is 2. The van der Waals surface area contributed by atoms with Gasteiger partial charge in [0.05, 0.1) is 13.0 Å². The summed E-state index contributed by atoms with van der Waals surface area (Å²) in [7, 11) is 1.47. The highest BCUT2D eigenvalue weighted by Gasteiger charge is 2.38. The minimum Gasteiger partial charge on any atom is -0.508 e. The van der Waals surface area contributed by atoms with Crippen molar-refractivity contribution in [3.8, 4) is 28.7 Å². The number of phenolic OH excluding ortho intramolecular Hbond substituents is 2. The number of hydrogen-bond acceptors (Lipinski definition) is 6. The van der Waals surface area contributed by atoms with Crippen LogP contribution in [0.5, 0.6) is 28.7 Å². The lowest BCUT2D eigenvalue weighted by molar-refractivity contribution is 0.0889. The molecular weight excluding hydrogens is 348 g/mol. The van der Waals surface area contributed by atoms with E-state index in [1.165, 1.54) is 19.2 Å². The lowest BCUT2D eigenvalue weighted by Gasteiger charge is -2.26. The summed E-state index contributed by atoms with van der Waals surface area (Å²) in [5, 5.41) is 20.4. The third-order valence-corrected chi connectivity index (χ3v) is 5.10. The van der Waals surface area contributed by atoms with Crippen molar-refractivity contribution in [2.75, 3.05) is 13.7 Å². The first kappa shape index (κ1) is 17.3. The van der Waals surface area contributed by atoms with Gasteiger partial charge >= 0.3 is 0 Å². The van der Waals surface area contributed by atoms with Crippen LogP contribution in [-0.4, -0.2) is 35.8 Å². The summed E-state index contributed by atoms with van der Waals surface area (Å²) in [5.41, 5.74) is 2.20. The molecule has 0 bridgehead atoms. The number of fused-ring (bicyclic) bond motifs is 2. The molecule has 2 heterocycles. The Morgan fingerprint density at radius 3 is 2.74 bits per heavy atom. The molecule has 0 aliphatic carbocycles. The molecule has 0 saturated carbocycles. The topological polar surface area (TPSA) is 85.2 Å². The number of phenols is 2. The molecule has 2 aromatic rings. The molecule has 2 aliphatic rings. The average Bonchev–Trinajstić information content (AvgIpc) is 3.07. The van der Waals surface area contributed by atoms with E-state index >= 15 is 0 Å². The summed E-state index contributed by atoms with van der Waals surface area (Å²) in [6.07, 6.45) is 0.238.